The summed E-state index contributed by atoms with van der Waals surface area (Å²) in [5, 5.41) is 4.48. The molecule has 0 atom stereocenters. The van der Waals surface area contributed by atoms with Gasteiger partial charge in [-0.1, -0.05) is 43.6 Å². The van der Waals surface area contributed by atoms with E-state index in [1.165, 1.54) is 10.5 Å². The van der Waals surface area contributed by atoms with Crippen LogP contribution in [0.5, 0.6) is 5.75 Å². The first-order chi connectivity index (χ1) is 16.6. The van der Waals surface area contributed by atoms with Crippen LogP contribution in [0.1, 0.15) is 35.3 Å². The number of ether oxygens (including phenoxy) is 1. The number of amides is 1. The fraction of sp³-hybridized carbons (Fsp3) is 0.231. The largest absolute Gasteiger partial charge is 0.493 e. The third-order valence-electron chi connectivity index (χ3n) is 4.93. The van der Waals surface area contributed by atoms with Crippen molar-refractivity contribution in [1.29, 1.82) is 0 Å². The molecule has 0 aromatic heterocycles. The van der Waals surface area contributed by atoms with Gasteiger partial charge < -0.3 is 4.74 Å². The molecule has 0 aliphatic heterocycles. The number of carbonyl (C=O) groups excluding carboxylic acids is 1. The lowest BCUT2D eigenvalue weighted by atomic mass is 10.2. The zero-order chi connectivity index (χ0) is 25.4. The van der Waals surface area contributed by atoms with Gasteiger partial charge >= 0.3 is 0 Å². The van der Waals surface area contributed by atoms with Crippen LogP contribution in [0.15, 0.2) is 77.9 Å². The number of halogens is 1. The van der Waals surface area contributed by atoms with E-state index in [2.05, 4.69) is 24.4 Å². The Kier molecular flexibility index (Phi) is 8.89. The number of nitrogens with zero attached hydrogens (tertiary/aromatic N) is 2. The molecule has 0 saturated carbocycles. The van der Waals surface area contributed by atoms with Crippen LogP contribution in [0.2, 0.25) is 5.02 Å². The van der Waals surface area contributed by atoms with Crippen LogP contribution in [-0.4, -0.2) is 33.4 Å². The average molecular weight is 514 g/mol. The minimum atomic E-state index is -3.58. The van der Waals surface area contributed by atoms with Gasteiger partial charge in [0, 0.05) is 10.6 Å². The number of sulfonamides is 1. The zero-order valence-electron chi connectivity index (χ0n) is 19.8. The number of nitrogens with one attached hydrogen (secondary N) is 1. The summed E-state index contributed by atoms with van der Waals surface area (Å²) in [6.45, 7) is 4.89. The van der Waals surface area contributed by atoms with Gasteiger partial charge in [0.1, 0.15) is 5.75 Å². The highest BCUT2D eigenvalue weighted by Gasteiger charge is 2.19. The summed E-state index contributed by atoms with van der Waals surface area (Å²) in [4.78, 5) is 12.5. The van der Waals surface area contributed by atoms with Gasteiger partial charge in [0.05, 0.1) is 31.3 Å². The van der Waals surface area contributed by atoms with Crippen molar-refractivity contribution >= 4 is 39.4 Å². The standard InChI is InChI=1S/C26H28ClN3O4S/c1-19(2)18-34-24-14-8-20(9-15-24)16-28-29-26(31)21-10-12-23(13-11-21)30(35(3,32)33)17-22-6-4-5-7-25(22)27/h4-16,19H,17-18H2,1-3H3,(H,29,31)/b28-16+. The van der Waals surface area contributed by atoms with E-state index in [0.717, 1.165) is 17.6 Å². The zero-order valence-corrected chi connectivity index (χ0v) is 21.4. The maximum Gasteiger partial charge on any atom is 0.271 e. The third kappa shape index (κ3) is 7.83. The molecule has 3 aromatic carbocycles. The van der Waals surface area contributed by atoms with Crippen molar-refractivity contribution in [2.75, 3.05) is 17.2 Å². The number of hydrogen-bond acceptors (Lipinski definition) is 5. The first-order valence-corrected chi connectivity index (χ1v) is 13.2. The van der Waals surface area contributed by atoms with E-state index in [9.17, 15) is 13.2 Å². The summed E-state index contributed by atoms with van der Waals surface area (Å²) in [6.07, 6.45) is 2.66. The molecule has 0 unspecified atom stereocenters. The monoisotopic (exact) mass is 513 g/mol. The third-order valence-corrected chi connectivity index (χ3v) is 6.44. The van der Waals surface area contributed by atoms with Crippen molar-refractivity contribution in [3.05, 3.63) is 94.5 Å². The Labute approximate surface area is 211 Å². The quantitative estimate of drug-likeness (QED) is 0.301. The van der Waals surface area contributed by atoms with Crippen LogP contribution >= 0.6 is 11.6 Å². The van der Waals surface area contributed by atoms with E-state index < -0.39 is 15.9 Å². The predicted octanol–water partition coefficient (Wildman–Crippen LogP) is 5.10. The lowest BCUT2D eigenvalue weighted by molar-refractivity contribution is 0.0955. The number of rotatable bonds is 10. The smallest absolute Gasteiger partial charge is 0.271 e. The molecule has 0 spiro atoms. The van der Waals surface area contributed by atoms with Crippen LogP contribution < -0.4 is 14.5 Å². The van der Waals surface area contributed by atoms with Crippen LogP contribution in [0.4, 0.5) is 5.69 Å². The molecular formula is C26H28ClN3O4S. The average Bonchev–Trinajstić information content (AvgIpc) is 2.82. The molecule has 0 fully saturated rings. The van der Waals surface area contributed by atoms with E-state index >= 15 is 0 Å². The Hall–Kier alpha value is -3.36. The van der Waals surface area contributed by atoms with E-state index in [-0.39, 0.29) is 6.54 Å². The Balaban J connectivity index is 1.64. The van der Waals surface area contributed by atoms with Crippen molar-refractivity contribution in [2.24, 2.45) is 11.0 Å². The van der Waals surface area contributed by atoms with Crippen molar-refractivity contribution < 1.29 is 17.9 Å². The van der Waals surface area contributed by atoms with Gasteiger partial charge in [-0.05, 0) is 71.6 Å². The minimum Gasteiger partial charge on any atom is -0.493 e. The highest BCUT2D eigenvalue weighted by atomic mass is 35.5. The van der Waals surface area contributed by atoms with E-state index in [0.29, 0.717) is 34.4 Å². The highest BCUT2D eigenvalue weighted by Crippen LogP contribution is 2.24. The summed E-state index contributed by atoms with van der Waals surface area (Å²) < 4.78 is 31.7. The van der Waals surface area contributed by atoms with E-state index in [1.54, 1.807) is 48.5 Å². The second-order valence-electron chi connectivity index (χ2n) is 8.38. The summed E-state index contributed by atoms with van der Waals surface area (Å²) in [6, 6.07) is 20.7. The molecule has 0 saturated heterocycles. The van der Waals surface area contributed by atoms with E-state index in [4.69, 9.17) is 16.3 Å². The molecule has 0 radical (unpaired) electrons. The van der Waals surface area contributed by atoms with Crippen LogP contribution in [-0.2, 0) is 16.6 Å². The molecule has 7 nitrogen and oxygen atoms in total. The maximum absolute atomic E-state index is 12.5. The van der Waals surface area contributed by atoms with E-state index in [1.807, 2.05) is 24.3 Å². The fourth-order valence-corrected chi connectivity index (χ4v) is 4.18. The van der Waals surface area contributed by atoms with Gasteiger partial charge in [-0.3, -0.25) is 9.10 Å². The molecule has 0 aliphatic carbocycles. The van der Waals surface area contributed by atoms with Crippen LogP contribution in [0.25, 0.3) is 0 Å². The molecule has 3 rings (SSSR count). The number of carbonyl (C=O) groups is 1. The van der Waals surface area contributed by atoms with Crippen LogP contribution in [0, 0.1) is 5.92 Å². The highest BCUT2D eigenvalue weighted by molar-refractivity contribution is 7.92. The fourth-order valence-electron chi connectivity index (χ4n) is 3.10. The van der Waals surface area contributed by atoms with Crippen molar-refractivity contribution in [1.82, 2.24) is 5.43 Å². The first kappa shape index (κ1) is 26.2. The number of anilines is 1. The molecule has 1 N–H and O–H groups in total. The van der Waals surface area contributed by atoms with Gasteiger partial charge in [-0.2, -0.15) is 5.10 Å². The molecule has 0 heterocycles. The Morgan fingerprint density at radius 2 is 1.71 bits per heavy atom. The summed E-state index contributed by atoms with van der Waals surface area (Å²) in [5.74, 6) is 0.802. The van der Waals surface area contributed by atoms with Crippen LogP contribution in [0.3, 0.4) is 0 Å². The molecule has 184 valence electrons. The van der Waals surface area contributed by atoms with Crippen molar-refractivity contribution in [3.63, 3.8) is 0 Å². The second-order valence-corrected chi connectivity index (χ2v) is 10.7. The van der Waals surface area contributed by atoms with Crippen molar-refractivity contribution in [3.8, 4) is 5.75 Å². The Morgan fingerprint density at radius 3 is 2.31 bits per heavy atom. The molecule has 3 aromatic rings. The Bertz CT molecular complexity index is 1270. The van der Waals surface area contributed by atoms with Gasteiger partial charge in [0.15, 0.2) is 0 Å². The lowest BCUT2D eigenvalue weighted by Crippen LogP contribution is -2.29. The SMILES string of the molecule is CC(C)COc1ccc(/C=N/NC(=O)c2ccc(N(Cc3ccccc3Cl)S(C)(=O)=O)cc2)cc1. The molecular weight excluding hydrogens is 486 g/mol. The summed E-state index contributed by atoms with van der Waals surface area (Å²) in [5.41, 5.74) is 4.73. The molecule has 35 heavy (non-hydrogen) atoms. The van der Waals surface area contributed by atoms with Gasteiger partial charge in [-0.15, -0.1) is 0 Å². The second kappa shape index (κ2) is 11.9. The topological polar surface area (TPSA) is 88.1 Å². The first-order valence-electron chi connectivity index (χ1n) is 11.0. The van der Waals surface area contributed by atoms with Gasteiger partial charge in [0.2, 0.25) is 10.0 Å². The molecule has 0 aliphatic rings. The van der Waals surface area contributed by atoms with Gasteiger partial charge in [-0.25, -0.2) is 13.8 Å². The minimum absolute atomic E-state index is 0.0790. The normalized spacial score (nSPS) is 11.6. The summed E-state index contributed by atoms with van der Waals surface area (Å²) >= 11 is 6.20. The number of hydrogen-bond donors (Lipinski definition) is 1. The van der Waals surface area contributed by atoms with Crippen molar-refractivity contribution in [2.45, 2.75) is 20.4 Å². The Morgan fingerprint density at radius 1 is 1.06 bits per heavy atom. The number of hydrazone groups is 1. The lowest BCUT2D eigenvalue weighted by Gasteiger charge is -2.23. The number of benzene rings is 3. The summed E-state index contributed by atoms with van der Waals surface area (Å²) in [7, 11) is -3.58. The molecule has 9 heteroatoms. The maximum atomic E-state index is 12.5. The predicted molar refractivity (Wildman–Crippen MR) is 141 cm³/mol. The molecule has 0 bridgehead atoms. The molecule has 1 amide bonds. The van der Waals surface area contributed by atoms with Gasteiger partial charge in [0.25, 0.3) is 5.91 Å².